The molecule has 1 aromatic carbocycles. The Bertz CT molecular complexity index is 353. The van der Waals surface area contributed by atoms with E-state index in [1.807, 2.05) is 18.2 Å². The van der Waals surface area contributed by atoms with Gasteiger partial charge in [0, 0.05) is 31.2 Å². The summed E-state index contributed by atoms with van der Waals surface area (Å²) in [5.74, 6) is 0. The molecule has 0 aliphatic carbocycles. The highest BCUT2D eigenvalue weighted by Gasteiger charge is 2.15. The van der Waals surface area contributed by atoms with E-state index in [0.717, 1.165) is 37.8 Å². The molecule has 1 unspecified atom stereocenters. The van der Waals surface area contributed by atoms with Gasteiger partial charge in [-0.3, -0.25) is 4.90 Å². The summed E-state index contributed by atoms with van der Waals surface area (Å²) in [5, 5.41) is 4.17. The van der Waals surface area contributed by atoms with E-state index < -0.39 is 0 Å². The SMILES string of the molecule is CN(Cc1ccccc1Cl)CC1CNCCO1. The van der Waals surface area contributed by atoms with Gasteiger partial charge in [0.2, 0.25) is 0 Å². The third-order valence-corrected chi connectivity index (χ3v) is 3.29. The molecule has 0 spiro atoms. The zero-order chi connectivity index (χ0) is 12.1. The smallest absolute Gasteiger partial charge is 0.0826 e. The Morgan fingerprint density at radius 2 is 2.29 bits per heavy atom. The average molecular weight is 255 g/mol. The Morgan fingerprint density at radius 3 is 3.00 bits per heavy atom. The number of ether oxygens (including phenoxy) is 1. The maximum Gasteiger partial charge on any atom is 0.0826 e. The van der Waals surface area contributed by atoms with E-state index >= 15 is 0 Å². The molecule has 1 aliphatic heterocycles. The number of nitrogens with one attached hydrogen (secondary N) is 1. The molecule has 2 rings (SSSR count). The third-order valence-electron chi connectivity index (χ3n) is 2.92. The predicted molar refractivity (Wildman–Crippen MR) is 70.4 cm³/mol. The maximum absolute atomic E-state index is 6.14. The highest BCUT2D eigenvalue weighted by molar-refractivity contribution is 6.31. The first kappa shape index (κ1) is 12.8. The van der Waals surface area contributed by atoms with Crippen LogP contribution in [-0.4, -0.2) is 44.3 Å². The molecule has 4 heteroatoms. The molecule has 0 bridgehead atoms. The van der Waals surface area contributed by atoms with Crippen molar-refractivity contribution < 1.29 is 4.74 Å². The van der Waals surface area contributed by atoms with Gasteiger partial charge in [0.25, 0.3) is 0 Å². The second kappa shape index (κ2) is 6.36. The second-order valence-corrected chi connectivity index (χ2v) is 4.89. The van der Waals surface area contributed by atoms with E-state index in [0.29, 0.717) is 0 Å². The normalized spacial score (nSPS) is 20.8. The molecule has 1 fully saturated rings. The fourth-order valence-corrected chi connectivity index (χ4v) is 2.26. The van der Waals surface area contributed by atoms with Gasteiger partial charge in [-0.25, -0.2) is 0 Å². The molecule has 3 nitrogen and oxygen atoms in total. The number of rotatable bonds is 4. The maximum atomic E-state index is 6.14. The van der Waals surface area contributed by atoms with E-state index in [2.05, 4.69) is 23.3 Å². The summed E-state index contributed by atoms with van der Waals surface area (Å²) in [6.07, 6.45) is 0.288. The first-order chi connectivity index (χ1) is 8.25. The Balaban J connectivity index is 1.84. The Kier molecular flexibility index (Phi) is 4.80. The number of benzene rings is 1. The van der Waals surface area contributed by atoms with Crippen LogP contribution in [0.15, 0.2) is 24.3 Å². The fourth-order valence-electron chi connectivity index (χ4n) is 2.07. The van der Waals surface area contributed by atoms with E-state index in [9.17, 15) is 0 Å². The van der Waals surface area contributed by atoms with E-state index in [1.54, 1.807) is 0 Å². The van der Waals surface area contributed by atoms with Gasteiger partial charge in [-0.05, 0) is 18.7 Å². The molecule has 1 aliphatic rings. The lowest BCUT2D eigenvalue weighted by Gasteiger charge is -2.28. The lowest BCUT2D eigenvalue weighted by molar-refractivity contribution is 0.00885. The van der Waals surface area contributed by atoms with Crippen LogP contribution in [0, 0.1) is 0 Å². The molecule has 1 N–H and O–H groups in total. The summed E-state index contributed by atoms with van der Waals surface area (Å²) in [7, 11) is 2.10. The first-order valence-corrected chi connectivity index (χ1v) is 6.38. The molecule has 94 valence electrons. The molecule has 17 heavy (non-hydrogen) atoms. The molecular formula is C13H19ClN2O. The van der Waals surface area contributed by atoms with Crippen LogP contribution >= 0.6 is 11.6 Å². The highest BCUT2D eigenvalue weighted by Crippen LogP contribution is 2.16. The monoisotopic (exact) mass is 254 g/mol. The third kappa shape index (κ3) is 3.96. The zero-order valence-corrected chi connectivity index (χ0v) is 10.9. The number of nitrogens with zero attached hydrogens (tertiary/aromatic N) is 1. The lowest BCUT2D eigenvalue weighted by Crippen LogP contribution is -2.44. The molecule has 1 aromatic rings. The predicted octanol–water partition coefficient (Wildman–Crippen LogP) is 1.76. The Labute approximate surface area is 108 Å². The minimum atomic E-state index is 0.288. The van der Waals surface area contributed by atoms with Crippen molar-refractivity contribution in [3.63, 3.8) is 0 Å². The number of likely N-dealkylation sites (N-methyl/N-ethyl adjacent to an activating group) is 1. The summed E-state index contributed by atoms with van der Waals surface area (Å²) in [5.41, 5.74) is 1.17. The van der Waals surface area contributed by atoms with Gasteiger partial charge in [-0.2, -0.15) is 0 Å². The number of morpholine rings is 1. The second-order valence-electron chi connectivity index (χ2n) is 4.49. The molecular weight excluding hydrogens is 236 g/mol. The zero-order valence-electron chi connectivity index (χ0n) is 10.2. The van der Waals surface area contributed by atoms with Gasteiger partial charge in [0.1, 0.15) is 0 Å². The average Bonchev–Trinajstić information content (AvgIpc) is 2.33. The minimum absolute atomic E-state index is 0.288. The van der Waals surface area contributed by atoms with Gasteiger partial charge >= 0.3 is 0 Å². The summed E-state index contributed by atoms with van der Waals surface area (Å²) >= 11 is 6.14. The van der Waals surface area contributed by atoms with Crippen LogP contribution in [0.2, 0.25) is 5.02 Å². The number of halogens is 1. The van der Waals surface area contributed by atoms with Crippen molar-refractivity contribution in [2.75, 3.05) is 33.3 Å². The van der Waals surface area contributed by atoms with Crippen molar-refractivity contribution in [2.45, 2.75) is 12.6 Å². The fraction of sp³-hybridized carbons (Fsp3) is 0.538. The molecule has 0 radical (unpaired) electrons. The first-order valence-electron chi connectivity index (χ1n) is 6.00. The Morgan fingerprint density at radius 1 is 1.47 bits per heavy atom. The number of hydrogen-bond donors (Lipinski definition) is 1. The standard InChI is InChI=1S/C13H19ClN2O/c1-16(10-12-8-15-6-7-17-12)9-11-4-2-3-5-13(11)14/h2-5,12,15H,6-10H2,1H3. The Hall–Kier alpha value is -0.610. The lowest BCUT2D eigenvalue weighted by atomic mass is 10.2. The van der Waals surface area contributed by atoms with Crippen molar-refractivity contribution in [3.05, 3.63) is 34.9 Å². The van der Waals surface area contributed by atoms with Gasteiger partial charge in [-0.1, -0.05) is 29.8 Å². The van der Waals surface area contributed by atoms with Gasteiger partial charge in [-0.15, -0.1) is 0 Å². The van der Waals surface area contributed by atoms with Crippen molar-refractivity contribution in [1.29, 1.82) is 0 Å². The van der Waals surface area contributed by atoms with Gasteiger partial charge < -0.3 is 10.1 Å². The summed E-state index contributed by atoms with van der Waals surface area (Å²) in [6.45, 7) is 4.50. The quantitative estimate of drug-likeness (QED) is 0.886. The van der Waals surface area contributed by atoms with Crippen molar-refractivity contribution in [2.24, 2.45) is 0 Å². The molecule has 0 amide bonds. The van der Waals surface area contributed by atoms with Crippen LogP contribution in [0.3, 0.4) is 0 Å². The van der Waals surface area contributed by atoms with Gasteiger partial charge in [0.05, 0.1) is 12.7 Å². The van der Waals surface area contributed by atoms with Crippen molar-refractivity contribution in [1.82, 2.24) is 10.2 Å². The summed E-state index contributed by atoms with van der Waals surface area (Å²) in [4.78, 5) is 2.25. The van der Waals surface area contributed by atoms with Crippen LogP contribution < -0.4 is 5.32 Å². The minimum Gasteiger partial charge on any atom is -0.374 e. The molecule has 0 aromatic heterocycles. The van der Waals surface area contributed by atoms with Crippen LogP contribution in [0.25, 0.3) is 0 Å². The molecule has 0 saturated carbocycles. The van der Waals surface area contributed by atoms with Crippen LogP contribution in [-0.2, 0) is 11.3 Å². The van der Waals surface area contributed by atoms with E-state index in [-0.39, 0.29) is 6.10 Å². The summed E-state index contributed by atoms with van der Waals surface area (Å²) in [6, 6.07) is 7.98. The molecule has 1 atom stereocenters. The van der Waals surface area contributed by atoms with Crippen molar-refractivity contribution >= 4 is 11.6 Å². The molecule has 1 saturated heterocycles. The highest BCUT2D eigenvalue weighted by atomic mass is 35.5. The molecule has 1 heterocycles. The largest absolute Gasteiger partial charge is 0.374 e. The van der Waals surface area contributed by atoms with Gasteiger partial charge in [0.15, 0.2) is 0 Å². The topological polar surface area (TPSA) is 24.5 Å². The van der Waals surface area contributed by atoms with E-state index in [4.69, 9.17) is 16.3 Å². The summed E-state index contributed by atoms with van der Waals surface area (Å²) < 4.78 is 5.68. The van der Waals surface area contributed by atoms with E-state index in [1.165, 1.54) is 5.56 Å². The van der Waals surface area contributed by atoms with Crippen LogP contribution in [0.1, 0.15) is 5.56 Å². The van der Waals surface area contributed by atoms with Crippen molar-refractivity contribution in [3.8, 4) is 0 Å². The number of hydrogen-bond acceptors (Lipinski definition) is 3. The van der Waals surface area contributed by atoms with Crippen LogP contribution in [0.5, 0.6) is 0 Å². The van der Waals surface area contributed by atoms with Crippen LogP contribution in [0.4, 0.5) is 0 Å².